The van der Waals surface area contributed by atoms with Crippen molar-refractivity contribution in [3.63, 3.8) is 0 Å². The normalized spacial score (nSPS) is 21.0. The van der Waals surface area contributed by atoms with E-state index in [1.54, 1.807) is 44.2 Å². The smallest absolute Gasteiger partial charge is 0.415 e. The summed E-state index contributed by atoms with van der Waals surface area (Å²) in [4.78, 5) is 12.8. The number of halogens is 5. The minimum atomic E-state index is -5.18. The highest BCUT2D eigenvalue weighted by Crippen LogP contribution is 2.45. The topological polar surface area (TPSA) is 55.8 Å². The number of allylic oxidation sites excluding steroid dienone is 1. The van der Waals surface area contributed by atoms with Gasteiger partial charge < -0.3 is 9.47 Å². The van der Waals surface area contributed by atoms with Crippen molar-refractivity contribution in [2.45, 2.75) is 63.0 Å². The van der Waals surface area contributed by atoms with Crippen molar-refractivity contribution in [2.75, 3.05) is 6.61 Å². The molecule has 0 spiro atoms. The molecular formula is C21H26ClF4NO4S. The summed E-state index contributed by atoms with van der Waals surface area (Å²) in [7, 11) is -3.74. The second kappa shape index (κ2) is 10.5. The maximum absolute atomic E-state index is 14.3. The average molecular weight is 500 g/mol. The van der Waals surface area contributed by atoms with Crippen LogP contribution >= 0.6 is 11.6 Å². The van der Waals surface area contributed by atoms with Crippen LogP contribution in [-0.4, -0.2) is 44.1 Å². The van der Waals surface area contributed by atoms with Crippen molar-refractivity contribution < 1.29 is 36.0 Å². The van der Waals surface area contributed by atoms with E-state index in [1.165, 1.54) is 19.9 Å². The predicted molar refractivity (Wildman–Crippen MR) is 113 cm³/mol. The molecule has 1 aromatic carbocycles. The summed E-state index contributed by atoms with van der Waals surface area (Å²) in [6.07, 6.45) is -0.727. The van der Waals surface area contributed by atoms with Gasteiger partial charge in [-0.05, 0) is 43.0 Å². The lowest BCUT2D eigenvalue weighted by Gasteiger charge is -2.40. The molecule has 0 N–H and O–H groups in total. The quantitative estimate of drug-likeness (QED) is 0.259. The molecule has 1 aliphatic rings. The lowest BCUT2D eigenvalue weighted by Crippen LogP contribution is -2.53. The number of carbonyl (C=O) groups excluding carboxylic acids is 1. The molecule has 5 nitrogen and oxygen atoms in total. The first kappa shape index (κ1) is 26.6. The molecule has 0 saturated heterocycles. The van der Waals surface area contributed by atoms with Crippen LogP contribution in [0.15, 0.2) is 42.1 Å². The molecule has 180 valence electrons. The number of nitrogens with zero attached hydrogens (tertiary/aromatic N) is 1. The van der Waals surface area contributed by atoms with Crippen molar-refractivity contribution in [1.82, 2.24) is 4.31 Å². The first-order valence-corrected chi connectivity index (χ1v) is 11.5. The molecule has 1 heterocycles. The van der Waals surface area contributed by atoms with E-state index in [-0.39, 0.29) is 18.9 Å². The molecular weight excluding hydrogens is 474 g/mol. The Morgan fingerprint density at radius 2 is 1.78 bits per heavy atom. The molecule has 0 fully saturated rings. The summed E-state index contributed by atoms with van der Waals surface area (Å²) in [6.45, 7) is 6.71. The lowest BCUT2D eigenvalue weighted by atomic mass is 9.91. The van der Waals surface area contributed by atoms with Crippen molar-refractivity contribution >= 4 is 28.6 Å². The Balaban J connectivity index is 2.60. The SMILES string of the molecule is CC(C)CO[C@H]1C[C@@H](c2ccccc2)C=C(C(=O)OC(C)C)N1S(=O)C(F)(F)C(F)(F)Cl. The van der Waals surface area contributed by atoms with Crippen LogP contribution in [-0.2, 0) is 25.3 Å². The first-order valence-electron chi connectivity index (χ1n) is 10.0. The molecule has 32 heavy (non-hydrogen) atoms. The van der Waals surface area contributed by atoms with Gasteiger partial charge in [0.05, 0.1) is 12.7 Å². The summed E-state index contributed by atoms with van der Waals surface area (Å²) in [5, 5.41) is -10.3. The van der Waals surface area contributed by atoms with Gasteiger partial charge in [0, 0.05) is 12.3 Å². The first-order chi connectivity index (χ1) is 14.8. The average Bonchev–Trinajstić information content (AvgIpc) is 2.70. The van der Waals surface area contributed by atoms with Gasteiger partial charge in [0.15, 0.2) is 0 Å². The number of alkyl halides is 5. The maximum atomic E-state index is 14.3. The number of ether oxygens (including phenoxy) is 2. The lowest BCUT2D eigenvalue weighted by molar-refractivity contribution is -0.146. The maximum Gasteiger partial charge on any atom is 0.415 e. The number of esters is 1. The minimum Gasteiger partial charge on any atom is -0.458 e. The molecule has 11 heteroatoms. The highest BCUT2D eigenvalue weighted by molar-refractivity contribution is 7.84. The van der Waals surface area contributed by atoms with E-state index in [0.29, 0.717) is 4.31 Å². The summed E-state index contributed by atoms with van der Waals surface area (Å²) in [5.41, 5.74) is 0.187. The van der Waals surface area contributed by atoms with E-state index in [0.717, 1.165) is 5.56 Å². The largest absolute Gasteiger partial charge is 0.458 e. The van der Waals surface area contributed by atoms with Gasteiger partial charge in [-0.25, -0.2) is 9.00 Å². The fourth-order valence-corrected chi connectivity index (χ4v) is 4.34. The zero-order chi connectivity index (χ0) is 24.3. The third-order valence-electron chi connectivity index (χ3n) is 4.44. The standard InChI is InChI=1S/C21H26ClF4NO4S/c1-13(2)12-30-18-11-16(15-8-6-5-7-9-15)10-17(19(28)31-14(3)4)27(18)32(29)21(25,26)20(22,23)24/h5-10,13-14,16,18H,11-12H2,1-4H3/t16-,18-,32?/m0/s1. The van der Waals surface area contributed by atoms with Gasteiger partial charge in [-0.2, -0.15) is 17.6 Å². The highest BCUT2D eigenvalue weighted by Gasteiger charge is 2.63. The Morgan fingerprint density at radius 1 is 1.19 bits per heavy atom. The van der Waals surface area contributed by atoms with Gasteiger partial charge in [0.25, 0.3) is 0 Å². The van der Waals surface area contributed by atoms with E-state index in [4.69, 9.17) is 9.47 Å². The van der Waals surface area contributed by atoms with E-state index in [9.17, 15) is 26.6 Å². The number of hydrogen-bond donors (Lipinski definition) is 0. The van der Waals surface area contributed by atoms with Crippen LogP contribution in [0.4, 0.5) is 17.6 Å². The number of benzene rings is 1. The van der Waals surface area contributed by atoms with Gasteiger partial charge >= 0.3 is 16.6 Å². The predicted octanol–water partition coefficient (Wildman–Crippen LogP) is 5.40. The van der Waals surface area contributed by atoms with Crippen LogP contribution in [0.1, 0.15) is 45.6 Å². The van der Waals surface area contributed by atoms with Crippen molar-refractivity contribution in [3.8, 4) is 0 Å². The molecule has 0 aliphatic carbocycles. The Hall–Kier alpha value is -1.65. The molecule has 3 atom stereocenters. The fourth-order valence-electron chi connectivity index (χ4n) is 3.02. The van der Waals surface area contributed by atoms with E-state index in [2.05, 4.69) is 11.6 Å². The molecule has 0 radical (unpaired) electrons. The van der Waals surface area contributed by atoms with Crippen molar-refractivity contribution in [1.29, 1.82) is 0 Å². The molecule has 1 aliphatic heterocycles. The summed E-state index contributed by atoms with van der Waals surface area (Å²) in [6, 6.07) is 8.82. The van der Waals surface area contributed by atoms with Crippen molar-refractivity contribution in [3.05, 3.63) is 47.7 Å². The van der Waals surface area contributed by atoms with Gasteiger partial charge in [-0.3, -0.25) is 4.31 Å². The zero-order valence-electron chi connectivity index (χ0n) is 18.1. The second-order valence-corrected chi connectivity index (χ2v) is 9.91. The van der Waals surface area contributed by atoms with Gasteiger partial charge in [0.1, 0.15) is 11.9 Å². The Kier molecular flexibility index (Phi) is 8.75. The molecule has 0 amide bonds. The molecule has 0 aromatic heterocycles. The summed E-state index contributed by atoms with van der Waals surface area (Å²) >= 11 is 4.57. The number of carbonyl (C=O) groups is 1. The molecule has 1 unspecified atom stereocenters. The highest BCUT2D eigenvalue weighted by atomic mass is 35.5. The Morgan fingerprint density at radius 3 is 2.28 bits per heavy atom. The molecule has 1 aromatic rings. The van der Waals surface area contributed by atoms with E-state index in [1.807, 2.05) is 0 Å². The Bertz CT molecular complexity index is 846. The van der Waals surface area contributed by atoms with E-state index < -0.39 is 51.5 Å². The molecule has 0 bridgehead atoms. The van der Waals surface area contributed by atoms with E-state index >= 15 is 0 Å². The molecule has 2 rings (SSSR count). The van der Waals surface area contributed by atoms with Crippen LogP contribution < -0.4 is 0 Å². The third kappa shape index (κ3) is 6.23. The number of rotatable bonds is 9. The van der Waals surface area contributed by atoms with Crippen LogP contribution in [0.3, 0.4) is 0 Å². The van der Waals surface area contributed by atoms with Gasteiger partial charge in [0.2, 0.25) is 11.0 Å². The fraction of sp³-hybridized carbons (Fsp3) is 0.571. The Labute approximate surface area is 192 Å². The summed E-state index contributed by atoms with van der Waals surface area (Å²) < 4.78 is 79.5. The van der Waals surface area contributed by atoms with Gasteiger partial charge in [-0.15, -0.1) is 0 Å². The molecule has 0 saturated carbocycles. The van der Waals surface area contributed by atoms with Crippen LogP contribution in [0.2, 0.25) is 0 Å². The minimum absolute atomic E-state index is 0.00906. The monoisotopic (exact) mass is 499 g/mol. The van der Waals surface area contributed by atoms with Crippen molar-refractivity contribution in [2.24, 2.45) is 5.92 Å². The zero-order valence-corrected chi connectivity index (χ0v) is 19.6. The summed E-state index contributed by atoms with van der Waals surface area (Å²) in [5.74, 6) is -1.63. The van der Waals surface area contributed by atoms with Gasteiger partial charge in [-0.1, -0.05) is 44.2 Å². The van der Waals surface area contributed by atoms with Crippen LogP contribution in [0, 0.1) is 5.92 Å². The van der Waals surface area contributed by atoms with Crippen LogP contribution in [0.25, 0.3) is 0 Å². The third-order valence-corrected chi connectivity index (χ3v) is 6.28. The van der Waals surface area contributed by atoms with Crippen LogP contribution in [0.5, 0.6) is 0 Å². The second-order valence-electron chi connectivity index (χ2n) is 8.03. The number of hydrogen-bond acceptors (Lipinski definition) is 4.